The summed E-state index contributed by atoms with van der Waals surface area (Å²) in [5.41, 5.74) is 2.49. The van der Waals surface area contributed by atoms with Crippen LogP contribution in [-0.2, 0) is 6.42 Å². The molecule has 0 aromatic heterocycles. The first kappa shape index (κ1) is 12.5. The Bertz CT molecular complexity index is 540. The molecule has 19 heavy (non-hydrogen) atoms. The molecule has 1 heterocycles. The van der Waals surface area contributed by atoms with Crippen molar-refractivity contribution in [3.05, 3.63) is 59.7 Å². The number of methoxy groups -OCH3 is 1. The van der Waals surface area contributed by atoms with E-state index in [1.807, 2.05) is 24.3 Å². The molecule has 0 N–H and O–H groups in total. The molecule has 2 aromatic rings. The van der Waals surface area contributed by atoms with Gasteiger partial charge < -0.3 is 9.47 Å². The minimum atomic E-state index is 0.144. The predicted octanol–water partition coefficient (Wildman–Crippen LogP) is 4.13. The summed E-state index contributed by atoms with van der Waals surface area (Å²) in [6, 6.07) is 16.3. The molecular weight excluding hydrogens is 304 g/mol. The molecule has 2 nitrogen and oxygen atoms in total. The predicted molar refractivity (Wildman–Crippen MR) is 79.2 cm³/mol. The molecule has 0 spiro atoms. The first-order chi connectivity index (χ1) is 9.28. The van der Waals surface area contributed by atoms with Gasteiger partial charge in [0.05, 0.1) is 11.9 Å². The lowest BCUT2D eigenvalue weighted by atomic mass is 10.0. The highest BCUT2D eigenvalue weighted by atomic mass is 79.9. The van der Waals surface area contributed by atoms with Crippen LogP contribution in [0.5, 0.6) is 11.5 Å². The van der Waals surface area contributed by atoms with Crippen LogP contribution in [0.1, 0.15) is 16.0 Å². The van der Waals surface area contributed by atoms with Crippen LogP contribution in [0.3, 0.4) is 0 Å². The van der Waals surface area contributed by atoms with E-state index in [0.717, 1.165) is 17.9 Å². The van der Waals surface area contributed by atoms with Gasteiger partial charge in [0, 0.05) is 6.42 Å². The zero-order valence-electron chi connectivity index (χ0n) is 10.7. The number of rotatable bonds is 3. The van der Waals surface area contributed by atoms with Gasteiger partial charge in [0.25, 0.3) is 0 Å². The molecule has 0 radical (unpaired) electrons. The van der Waals surface area contributed by atoms with E-state index in [9.17, 15) is 0 Å². The lowest BCUT2D eigenvalue weighted by Gasteiger charge is -2.18. The Morgan fingerprint density at radius 2 is 1.89 bits per heavy atom. The number of hydrogen-bond acceptors (Lipinski definition) is 2. The standard InChI is InChI=1S/C16H15BrO2/c1-18-13-8-6-11(7-9-13)16(17)15-10-12-4-2-3-5-14(12)19-15/h2-9,15-16H,10H2,1H3. The number of alkyl halides is 1. The van der Waals surface area contributed by atoms with Gasteiger partial charge in [-0.3, -0.25) is 0 Å². The Hall–Kier alpha value is -1.48. The molecule has 2 atom stereocenters. The maximum Gasteiger partial charge on any atom is 0.123 e. The highest BCUT2D eigenvalue weighted by Gasteiger charge is 2.29. The van der Waals surface area contributed by atoms with E-state index in [4.69, 9.17) is 9.47 Å². The van der Waals surface area contributed by atoms with Crippen LogP contribution in [0.15, 0.2) is 48.5 Å². The van der Waals surface area contributed by atoms with E-state index in [-0.39, 0.29) is 10.9 Å². The van der Waals surface area contributed by atoms with Crippen LogP contribution in [0.25, 0.3) is 0 Å². The zero-order chi connectivity index (χ0) is 13.2. The molecule has 3 rings (SSSR count). The summed E-state index contributed by atoms with van der Waals surface area (Å²) in [5, 5.41) is 0. The smallest absolute Gasteiger partial charge is 0.123 e. The summed E-state index contributed by atoms with van der Waals surface area (Å²) in [5.74, 6) is 1.88. The van der Waals surface area contributed by atoms with E-state index >= 15 is 0 Å². The molecule has 0 fully saturated rings. The van der Waals surface area contributed by atoms with Crippen molar-refractivity contribution < 1.29 is 9.47 Å². The summed E-state index contributed by atoms with van der Waals surface area (Å²) in [7, 11) is 1.68. The van der Waals surface area contributed by atoms with Gasteiger partial charge in [-0.05, 0) is 29.3 Å². The number of fused-ring (bicyclic) bond motifs is 1. The Balaban J connectivity index is 1.77. The van der Waals surface area contributed by atoms with E-state index in [1.54, 1.807) is 7.11 Å². The van der Waals surface area contributed by atoms with Gasteiger partial charge in [-0.15, -0.1) is 0 Å². The summed E-state index contributed by atoms with van der Waals surface area (Å²) in [4.78, 5) is 0.186. The SMILES string of the molecule is COc1ccc(C(Br)C2Cc3ccccc3O2)cc1. The number of ether oxygens (including phenoxy) is 2. The van der Waals surface area contributed by atoms with Crippen LogP contribution in [0.4, 0.5) is 0 Å². The fraction of sp³-hybridized carbons (Fsp3) is 0.250. The minimum Gasteiger partial charge on any atom is -0.497 e. The minimum absolute atomic E-state index is 0.144. The molecule has 2 aromatic carbocycles. The number of benzene rings is 2. The fourth-order valence-electron chi connectivity index (χ4n) is 2.37. The van der Waals surface area contributed by atoms with Crippen molar-refractivity contribution in [2.45, 2.75) is 17.4 Å². The average molecular weight is 319 g/mol. The van der Waals surface area contributed by atoms with E-state index in [1.165, 1.54) is 11.1 Å². The Labute approximate surface area is 121 Å². The number of halogens is 1. The van der Waals surface area contributed by atoms with Gasteiger partial charge in [-0.1, -0.05) is 46.3 Å². The van der Waals surface area contributed by atoms with Crippen LogP contribution in [0.2, 0.25) is 0 Å². The Morgan fingerprint density at radius 3 is 2.58 bits per heavy atom. The summed E-state index contributed by atoms with van der Waals surface area (Å²) < 4.78 is 11.2. The fourth-order valence-corrected chi connectivity index (χ4v) is 2.97. The second-order valence-corrected chi connectivity index (χ2v) is 5.63. The normalized spacial score (nSPS) is 18.5. The van der Waals surface area contributed by atoms with Gasteiger partial charge in [0.15, 0.2) is 0 Å². The molecule has 3 heteroatoms. The second-order valence-electron chi connectivity index (χ2n) is 4.64. The van der Waals surface area contributed by atoms with Crippen LogP contribution < -0.4 is 9.47 Å². The van der Waals surface area contributed by atoms with E-state index in [2.05, 4.69) is 40.2 Å². The summed E-state index contributed by atoms with van der Waals surface area (Å²) >= 11 is 3.75. The molecular formula is C16H15BrO2. The van der Waals surface area contributed by atoms with Crippen LogP contribution in [0, 0.1) is 0 Å². The van der Waals surface area contributed by atoms with E-state index < -0.39 is 0 Å². The third kappa shape index (κ3) is 2.47. The third-order valence-electron chi connectivity index (χ3n) is 3.43. The van der Waals surface area contributed by atoms with Crippen molar-refractivity contribution in [1.82, 2.24) is 0 Å². The van der Waals surface area contributed by atoms with Crippen molar-refractivity contribution in [3.63, 3.8) is 0 Å². The molecule has 98 valence electrons. The molecule has 0 aliphatic carbocycles. The van der Waals surface area contributed by atoms with Gasteiger partial charge >= 0.3 is 0 Å². The maximum absolute atomic E-state index is 6.00. The highest BCUT2D eigenvalue weighted by Crippen LogP contribution is 2.38. The lowest BCUT2D eigenvalue weighted by molar-refractivity contribution is 0.232. The molecule has 1 aliphatic heterocycles. The first-order valence-electron chi connectivity index (χ1n) is 6.30. The number of para-hydroxylation sites is 1. The topological polar surface area (TPSA) is 18.5 Å². The Kier molecular flexibility index (Phi) is 3.47. The number of hydrogen-bond donors (Lipinski definition) is 0. The lowest BCUT2D eigenvalue weighted by Crippen LogP contribution is -2.19. The summed E-state index contributed by atoms with van der Waals surface area (Å²) in [6.45, 7) is 0. The van der Waals surface area contributed by atoms with E-state index in [0.29, 0.717) is 0 Å². The van der Waals surface area contributed by atoms with Crippen LogP contribution in [-0.4, -0.2) is 13.2 Å². The average Bonchev–Trinajstić information content (AvgIpc) is 2.90. The van der Waals surface area contributed by atoms with Crippen molar-refractivity contribution in [2.75, 3.05) is 7.11 Å². The molecule has 0 amide bonds. The van der Waals surface area contributed by atoms with Gasteiger partial charge in [-0.25, -0.2) is 0 Å². The van der Waals surface area contributed by atoms with Crippen molar-refractivity contribution in [3.8, 4) is 11.5 Å². The van der Waals surface area contributed by atoms with Crippen molar-refractivity contribution >= 4 is 15.9 Å². The molecule has 2 unspecified atom stereocenters. The van der Waals surface area contributed by atoms with Crippen molar-refractivity contribution in [2.24, 2.45) is 0 Å². The largest absolute Gasteiger partial charge is 0.497 e. The third-order valence-corrected chi connectivity index (χ3v) is 4.55. The van der Waals surface area contributed by atoms with Gasteiger partial charge in [0.2, 0.25) is 0 Å². The zero-order valence-corrected chi connectivity index (χ0v) is 12.3. The molecule has 1 aliphatic rings. The highest BCUT2D eigenvalue weighted by molar-refractivity contribution is 9.09. The van der Waals surface area contributed by atoms with Crippen LogP contribution >= 0.6 is 15.9 Å². The second kappa shape index (κ2) is 5.25. The summed E-state index contributed by atoms with van der Waals surface area (Å²) in [6.07, 6.45) is 1.09. The Morgan fingerprint density at radius 1 is 1.16 bits per heavy atom. The first-order valence-corrected chi connectivity index (χ1v) is 7.22. The quantitative estimate of drug-likeness (QED) is 0.792. The maximum atomic E-state index is 6.00. The monoisotopic (exact) mass is 318 g/mol. The molecule has 0 saturated carbocycles. The van der Waals surface area contributed by atoms with Gasteiger partial charge in [0.1, 0.15) is 17.6 Å². The van der Waals surface area contributed by atoms with Crippen molar-refractivity contribution in [1.29, 1.82) is 0 Å². The molecule has 0 bridgehead atoms. The molecule has 0 saturated heterocycles. The van der Waals surface area contributed by atoms with Gasteiger partial charge in [-0.2, -0.15) is 0 Å².